The summed E-state index contributed by atoms with van der Waals surface area (Å²) in [6.45, 7) is 0. The molecule has 2 rings (SSSR count). The largest absolute Gasteiger partial charge is 0.397 e. The predicted molar refractivity (Wildman–Crippen MR) is 75.7 cm³/mol. The van der Waals surface area contributed by atoms with Crippen molar-refractivity contribution in [2.45, 2.75) is 30.6 Å². The quantitative estimate of drug-likeness (QED) is 0.767. The van der Waals surface area contributed by atoms with E-state index in [4.69, 9.17) is 11.5 Å². The maximum Gasteiger partial charge on any atom is 0.250 e. The summed E-state index contributed by atoms with van der Waals surface area (Å²) in [6.07, 6.45) is 7.17. The average Bonchev–Trinajstić information content (AvgIpc) is 2.78. The maximum absolute atomic E-state index is 11.2. The first kappa shape index (κ1) is 13.0. The zero-order valence-corrected chi connectivity index (χ0v) is 11.2. The second-order valence-electron chi connectivity index (χ2n) is 4.48. The number of nitrogens with one attached hydrogen (secondary N) is 1. The van der Waals surface area contributed by atoms with Gasteiger partial charge in [-0.3, -0.25) is 4.79 Å². The van der Waals surface area contributed by atoms with Gasteiger partial charge in [0.1, 0.15) is 5.82 Å². The van der Waals surface area contributed by atoms with Gasteiger partial charge in [0.25, 0.3) is 5.91 Å². The first-order chi connectivity index (χ1) is 8.61. The van der Waals surface area contributed by atoms with Crippen LogP contribution in [0, 0.1) is 0 Å². The molecule has 1 aliphatic carbocycles. The summed E-state index contributed by atoms with van der Waals surface area (Å²) in [5.74, 6) is 0.148. The summed E-state index contributed by atoms with van der Waals surface area (Å²) < 4.78 is 0. The smallest absolute Gasteiger partial charge is 0.250 e. The Kier molecular flexibility index (Phi) is 3.96. The molecule has 18 heavy (non-hydrogen) atoms. The van der Waals surface area contributed by atoms with E-state index in [1.807, 2.05) is 11.8 Å². The Morgan fingerprint density at radius 3 is 3.00 bits per heavy atom. The molecule has 1 saturated carbocycles. The highest BCUT2D eigenvalue weighted by Gasteiger charge is 2.26. The Hall–Kier alpha value is -1.43. The lowest BCUT2D eigenvalue weighted by molar-refractivity contribution is 0.100. The molecule has 1 aromatic rings. The van der Waals surface area contributed by atoms with E-state index in [-0.39, 0.29) is 0 Å². The molecule has 2 unspecified atom stereocenters. The third-order valence-electron chi connectivity index (χ3n) is 3.29. The van der Waals surface area contributed by atoms with Gasteiger partial charge >= 0.3 is 0 Å². The minimum atomic E-state index is -0.522. The molecule has 0 aliphatic heterocycles. The number of thioether (sulfide) groups is 1. The highest BCUT2D eigenvalue weighted by Crippen LogP contribution is 2.30. The van der Waals surface area contributed by atoms with E-state index in [0.717, 1.165) is 6.42 Å². The zero-order chi connectivity index (χ0) is 13.1. The minimum Gasteiger partial charge on any atom is -0.397 e. The third-order valence-corrected chi connectivity index (χ3v) is 4.46. The first-order valence-corrected chi connectivity index (χ1v) is 7.25. The lowest BCUT2D eigenvalue weighted by Crippen LogP contribution is -2.26. The lowest BCUT2D eigenvalue weighted by atomic mass is 10.2. The number of amides is 1. The zero-order valence-electron chi connectivity index (χ0n) is 10.3. The molecule has 1 aromatic heterocycles. The van der Waals surface area contributed by atoms with E-state index < -0.39 is 5.91 Å². The van der Waals surface area contributed by atoms with Gasteiger partial charge in [-0.2, -0.15) is 11.8 Å². The molecule has 1 fully saturated rings. The van der Waals surface area contributed by atoms with Crippen LogP contribution in [0.25, 0.3) is 0 Å². The van der Waals surface area contributed by atoms with Crippen molar-refractivity contribution in [2.24, 2.45) is 5.73 Å². The number of pyridine rings is 1. The number of rotatable bonds is 4. The van der Waals surface area contributed by atoms with Gasteiger partial charge < -0.3 is 16.8 Å². The van der Waals surface area contributed by atoms with Crippen LogP contribution in [0.3, 0.4) is 0 Å². The van der Waals surface area contributed by atoms with Crippen molar-refractivity contribution >= 4 is 29.2 Å². The molecule has 0 saturated heterocycles. The number of hydrogen-bond acceptors (Lipinski definition) is 5. The number of anilines is 2. The summed E-state index contributed by atoms with van der Waals surface area (Å²) in [6, 6.07) is 2.03. The van der Waals surface area contributed by atoms with Gasteiger partial charge in [-0.25, -0.2) is 4.98 Å². The second-order valence-corrected chi connectivity index (χ2v) is 5.55. The Morgan fingerprint density at radius 1 is 1.56 bits per heavy atom. The van der Waals surface area contributed by atoms with E-state index in [2.05, 4.69) is 16.6 Å². The van der Waals surface area contributed by atoms with Gasteiger partial charge in [-0.15, -0.1) is 0 Å². The van der Waals surface area contributed by atoms with E-state index >= 15 is 0 Å². The molecule has 5 N–H and O–H groups in total. The molecule has 2 atom stereocenters. The maximum atomic E-state index is 11.2. The molecule has 5 nitrogen and oxygen atoms in total. The van der Waals surface area contributed by atoms with E-state index in [1.54, 1.807) is 6.07 Å². The van der Waals surface area contributed by atoms with Crippen LogP contribution >= 0.6 is 11.8 Å². The van der Waals surface area contributed by atoms with Crippen LogP contribution in [0.15, 0.2) is 12.3 Å². The van der Waals surface area contributed by atoms with Crippen molar-refractivity contribution in [1.82, 2.24) is 4.98 Å². The number of carbonyl (C=O) groups excluding carboxylic acids is 1. The molecular formula is C12H18N4OS. The Balaban J connectivity index is 2.14. The summed E-state index contributed by atoms with van der Waals surface area (Å²) in [5.41, 5.74) is 11.6. The van der Waals surface area contributed by atoms with Crippen molar-refractivity contribution in [1.29, 1.82) is 0 Å². The number of primary amides is 1. The number of carbonyl (C=O) groups is 1. The predicted octanol–water partition coefficient (Wildman–Crippen LogP) is 1.46. The number of aromatic nitrogens is 1. The van der Waals surface area contributed by atoms with Gasteiger partial charge in [0.2, 0.25) is 0 Å². The van der Waals surface area contributed by atoms with Crippen molar-refractivity contribution in [3.05, 3.63) is 17.8 Å². The Bertz CT molecular complexity index is 452. The highest BCUT2D eigenvalue weighted by atomic mass is 32.2. The van der Waals surface area contributed by atoms with Gasteiger partial charge in [-0.1, -0.05) is 6.42 Å². The number of nitrogen functional groups attached to an aromatic ring is 1. The molecule has 0 aromatic carbocycles. The lowest BCUT2D eigenvalue weighted by Gasteiger charge is -2.20. The van der Waals surface area contributed by atoms with Crippen molar-refractivity contribution in [2.75, 3.05) is 17.3 Å². The number of nitrogens with zero attached hydrogens (tertiary/aromatic N) is 1. The molecule has 0 radical (unpaired) electrons. The molecule has 6 heteroatoms. The van der Waals surface area contributed by atoms with Crippen LogP contribution in [0.5, 0.6) is 0 Å². The topological polar surface area (TPSA) is 94.0 Å². The fourth-order valence-electron chi connectivity index (χ4n) is 2.32. The summed E-state index contributed by atoms with van der Waals surface area (Å²) in [4.78, 5) is 15.4. The Morgan fingerprint density at radius 2 is 2.33 bits per heavy atom. The molecule has 0 bridgehead atoms. The van der Waals surface area contributed by atoms with Crippen LogP contribution in [-0.4, -0.2) is 28.4 Å². The van der Waals surface area contributed by atoms with Gasteiger partial charge in [0.15, 0.2) is 0 Å². The van der Waals surface area contributed by atoms with Crippen LogP contribution in [0.1, 0.15) is 29.6 Å². The highest BCUT2D eigenvalue weighted by molar-refractivity contribution is 7.99. The summed E-state index contributed by atoms with van der Waals surface area (Å²) >= 11 is 1.87. The summed E-state index contributed by atoms with van der Waals surface area (Å²) in [5, 5.41) is 3.97. The molecule has 1 aliphatic rings. The molecule has 0 spiro atoms. The van der Waals surface area contributed by atoms with Crippen molar-refractivity contribution < 1.29 is 4.79 Å². The van der Waals surface area contributed by atoms with Crippen LogP contribution in [0.2, 0.25) is 0 Å². The minimum absolute atomic E-state index is 0.320. The molecule has 1 amide bonds. The third kappa shape index (κ3) is 2.69. The molecule has 1 heterocycles. The van der Waals surface area contributed by atoms with E-state index in [1.165, 1.54) is 19.0 Å². The SMILES string of the molecule is CSC1CCCC1Nc1cc(C(N)=O)c(N)cn1. The first-order valence-electron chi connectivity index (χ1n) is 5.96. The second kappa shape index (κ2) is 5.48. The van der Waals surface area contributed by atoms with Gasteiger partial charge in [-0.05, 0) is 25.2 Å². The van der Waals surface area contributed by atoms with Crippen molar-refractivity contribution in [3.8, 4) is 0 Å². The van der Waals surface area contributed by atoms with Crippen LogP contribution < -0.4 is 16.8 Å². The van der Waals surface area contributed by atoms with Gasteiger partial charge in [0.05, 0.1) is 17.4 Å². The van der Waals surface area contributed by atoms with E-state index in [0.29, 0.717) is 28.4 Å². The standard InChI is InChI=1S/C12H18N4OS/c1-18-10-4-2-3-9(10)16-11-5-7(12(14)17)8(13)6-15-11/h5-6,9-10H,2-4,13H2,1H3,(H2,14,17)(H,15,16). The summed E-state index contributed by atoms with van der Waals surface area (Å²) in [7, 11) is 0. The normalized spacial score (nSPS) is 22.9. The van der Waals surface area contributed by atoms with E-state index in [9.17, 15) is 4.79 Å². The molecule has 98 valence electrons. The fourth-order valence-corrected chi connectivity index (χ4v) is 3.26. The number of hydrogen-bond donors (Lipinski definition) is 3. The molecular weight excluding hydrogens is 248 g/mol. The monoisotopic (exact) mass is 266 g/mol. The Labute approximate surface area is 111 Å². The van der Waals surface area contributed by atoms with Crippen LogP contribution in [-0.2, 0) is 0 Å². The van der Waals surface area contributed by atoms with Crippen LogP contribution in [0.4, 0.5) is 11.5 Å². The van der Waals surface area contributed by atoms with Gasteiger partial charge in [0, 0.05) is 11.3 Å². The average molecular weight is 266 g/mol. The van der Waals surface area contributed by atoms with Crippen molar-refractivity contribution in [3.63, 3.8) is 0 Å². The number of nitrogens with two attached hydrogens (primary N) is 2. The fraction of sp³-hybridized carbons (Fsp3) is 0.500.